The highest BCUT2D eigenvalue weighted by molar-refractivity contribution is 6.09. The van der Waals surface area contributed by atoms with Gasteiger partial charge in [0.25, 0.3) is 11.8 Å². The number of nitrogens with zero attached hydrogens (tertiary/aromatic N) is 2. The molecular weight excluding hydrogens is 376 g/mol. The van der Waals surface area contributed by atoms with Crippen molar-refractivity contribution in [3.8, 4) is 6.07 Å². The fraction of sp³-hybridized carbons (Fsp3) is 0.125. The van der Waals surface area contributed by atoms with E-state index in [1.54, 1.807) is 41.1 Å². The van der Waals surface area contributed by atoms with Crippen molar-refractivity contribution in [2.75, 3.05) is 10.7 Å². The maximum absolute atomic E-state index is 12.5. The molecule has 0 unspecified atom stereocenters. The molecule has 0 fully saturated rings. The molecule has 2 N–H and O–H groups in total. The Kier molecular flexibility index (Phi) is 6.14. The fourth-order valence-electron chi connectivity index (χ4n) is 3.00. The van der Waals surface area contributed by atoms with Gasteiger partial charge in [0.15, 0.2) is 0 Å². The first-order chi connectivity index (χ1) is 14.4. The average molecular weight is 398 g/mol. The number of nitriles is 1. The Balaban J connectivity index is 1.82. The lowest BCUT2D eigenvalue weighted by Gasteiger charge is -2.11. The summed E-state index contributed by atoms with van der Waals surface area (Å²) in [6, 6.07) is 20.0. The van der Waals surface area contributed by atoms with Crippen molar-refractivity contribution >= 4 is 23.6 Å². The number of hydrogen-bond acceptors (Lipinski definition) is 3. The maximum atomic E-state index is 12.5. The van der Waals surface area contributed by atoms with E-state index in [0.29, 0.717) is 22.5 Å². The van der Waals surface area contributed by atoms with Gasteiger partial charge in [-0.05, 0) is 62.7 Å². The van der Waals surface area contributed by atoms with Crippen LogP contribution in [0.25, 0.3) is 6.08 Å². The van der Waals surface area contributed by atoms with Crippen LogP contribution in [0.5, 0.6) is 0 Å². The Hall–Kier alpha value is -4.11. The van der Waals surface area contributed by atoms with Crippen molar-refractivity contribution in [1.82, 2.24) is 4.68 Å². The Morgan fingerprint density at radius 3 is 2.30 bits per heavy atom. The molecule has 0 atom stereocenters. The topological polar surface area (TPSA) is 86.9 Å². The molecule has 0 saturated heterocycles. The number of nitrogens with one attached hydrogen (secondary N) is 2. The number of aromatic nitrogens is 1. The summed E-state index contributed by atoms with van der Waals surface area (Å²) in [6.45, 7) is 5.61. The monoisotopic (exact) mass is 398 g/mol. The van der Waals surface area contributed by atoms with Crippen LogP contribution < -0.4 is 10.7 Å². The minimum Gasteiger partial charge on any atom is -0.321 e. The summed E-state index contributed by atoms with van der Waals surface area (Å²) in [6.07, 6.45) is 1.52. The second-order valence-corrected chi connectivity index (χ2v) is 6.96. The minimum absolute atomic E-state index is 0.0230. The third-order valence-electron chi connectivity index (χ3n) is 4.69. The number of aryl methyl sites for hydroxylation is 2. The molecule has 0 aliphatic heterocycles. The molecule has 6 heteroatoms. The number of carbonyl (C=O) groups is 2. The quantitative estimate of drug-likeness (QED) is 0.495. The SMILES string of the molecule is Cc1ccc(NC(=O)/C(C#N)=C\c2cc(C)n(NC(=O)c3ccccc3)c2C)cc1. The number of benzene rings is 2. The predicted octanol–water partition coefficient (Wildman–Crippen LogP) is 4.34. The number of amides is 2. The van der Waals surface area contributed by atoms with E-state index < -0.39 is 5.91 Å². The van der Waals surface area contributed by atoms with E-state index in [1.807, 2.05) is 51.1 Å². The fourth-order valence-corrected chi connectivity index (χ4v) is 3.00. The Labute approximate surface area is 175 Å². The van der Waals surface area contributed by atoms with Crippen molar-refractivity contribution in [3.63, 3.8) is 0 Å². The summed E-state index contributed by atoms with van der Waals surface area (Å²) in [5.74, 6) is -0.731. The Morgan fingerprint density at radius 1 is 1.00 bits per heavy atom. The van der Waals surface area contributed by atoms with Crippen molar-refractivity contribution < 1.29 is 9.59 Å². The highest BCUT2D eigenvalue weighted by atomic mass is 16.2. The summed E-state index contributed by atoms with van der Waals surface area (Å²) in [7, 11) is 0. The molecular formula is C24H22N4O2. The third kappa shape index (κ3) is 4.65. The van der Waals surface area contributed by atoms with Gasteiger partial charge in [0, 0.05) is 22.6 Å². The third-order valence-corrected chi connectivity index (χ3v) is 4.69. The maximum Gasteiger partial charge on any atom is 0.270 e. The molecule has 0 aliphatic rings. The van der Waals surface area contributed by atoms with Gasteiger partial charge in [-0.3, -0.25) is 19.7 Å². The first kappa shape index (κ1) is 20.6. The zero-order chi connectivity index (χ0) is 21.7. The molecule has 6 nitrogen and oxygen atoms in total. The van der Waals surface area contributed by atoms with Crippen molar-refractivity contribution in [3.05, 3.63) is 94.3 Å². The lowest BCUT2D eigenvalue weighted by Crippen LogP contribution is -2.24. The van der Waals surface area contributed by atoms with Crippen LogP contribution >= 0.6 is 0 Å². The predicted molar refractivity (Wildman–Crippen MR) is 117 cm³/mol. The van der Waals surface area contributed by atoms with E-state index in [2.05, 4.69) is 10.7 Å². The van der Waals surface area contributed by atoms with Gasteiger partial charge in [-0.1, -0.05) is 35.9 Å². The Morgan fingerprint density at radius 2 is 1.67 bits per heavy atom. The molecule has 0 saturated carbocycles. The van der Waals surface area contributed by atoms with E-state index in [0.717, 1.165) is 11.3 Å². The molecule has 3 rings (SSSR count). The summed E-state index contributed by atoms with van der Waals surface area (Å²) < 4.78 is 1.65. The van der Waals surface area contributed by atoms with Gasteiger partial charge in [0.2, 0.25) is 0 Å². The van der Waals surface area contributed by atoms with Crippen LogP contribution in [-0.2, 0) is 4.79 Å². The van der Waals surface area contributed by atoms with E-state index in [9.17, 15) is 14.9 Å². The molecule has 2 aromatic carbocycles. The van der Waals surface area contributed by atoms with E-state index in [4.69, 9.17) is 0 Å². The lowest BCUT2D eigenvalue weighted by atomic mass is 10.1. The standard InChI is InChI=1S/C24H22N4O2/c1-16-9-11-22(12-10-16)26-23(29)21(15-25)14-20-13-17(2)28(18(20)3)27-24(30)19-7-5-4-6-8-19/h4-14H,1-3H3,(H,26,29)(H,27,30)/b21-14-. The van der Waals surface area contributed by atoms with Gasteiger partial charge >= 0.3 is 0 Å². The van der Waals surface area contributed by atoms with Gasteiger partial charge in [-0.2, -0.15) is 5.26 Å². The summed E-state index contributed by atoms with van der Waals surface area (Å²) in [4.78, 5) is 25.0. The van der Waals surface area contributed by atoms with E-state index >= 15 is 0 Å². The molecule has 0 spiro atoms. The first-order valence-electron chi connectivity index (χ1n) is 9.44. The number of hydrogen-bond donors (Lipinski definition) is 2. The molecule has 2 amide bonds. The van der Waals surface area contributed by atoms with Crippen LogP contribution in [0.15, 0.2) is 66.2 Å². The van der Waals surface area contributed by atoms with Gasteiger partial charge in [0.05, 0.1) is 0 Å². The summed E-state index contributed by atoms with van der Waals surface area (Å²) >= 11 is 0. The molecule has 0 bridgehead atoms. The minimum atomic E-state index is -0.487. The molecule has 150 valence electrons. The Bertz CT molecular complexity index is 1150. The molecule has 1 heterocycles. The van der Waals surface area contributed by atoms with Crippen molar-refractivity contribution in [2.24, 2.45) is 0 Å². The van der Waals surface area contributed by atoms with Gasteiger partial charge < -0.3 is 5.32 Å². The molecule has 3 aromatic rings. The number of anilines is 1. The highest BCUT2D eigenvalue weighted by Crippen LogP contribution is 2.18. The normalized spacial score (nSPS) is 10.9. The zero-order valence-electron chi connectivity index (χ0n) is 17.1. The largest absolute Gasteiger partial charge is 0.321 e. The van der Waals surface area contributed by atoms with Crippen LogP contribution in [0.2, 0.25) is 0 Å². The van der Waals surface area contributed by atoms with Gasteiger partial charge in [-0.25, -0.2) is 0 Å². The molecule has 30 heavy (non-hydrogen) atoms. The molecule has 0 radical (unpaired) electrons. The lowest BCUT2D eigenvalue weighted by molar-refractivity contribution is -0.112. The van der Waals surface area contributed by atoms with Crippen LogP contribution in [0.3, 0.4) is 0 Å². The van der Waals surface area contributed by atoms with Gasteiger partial charge in [-0.15, -0.1) is 0 Å². The second kappa shape index (κ2) is 8.93. The van der Waals surface area contributed by atoms with Crippen LogP contribution in [0.1, 0.15) is 32.9 Å². The zero-order valence-corrected chi connectivity index (χ0v) is 17.1. The van der Waals surface area contributed by atoms with Crippen LogP contribution in [-0.4, -0.2) is 16.5 Å². The molecule has 1 aromatic heterocycles. The van der Waals surface area contributed by atoms with Crippen molar-refractivity contribution in [1.29, 1.82) is 5.26 Å². The van der Waals surface area contributed by atoms with E-state index in [-0.39, 0.29) is 11.5 Å². The van der Waals surface area contributed by atoms with Crippen molar-refractivity contribution in [2.45, 2.75) is 20.8 Å². The van der Waals surface area contributed by atoms with Crippen LogP contribution in [0.4, 0.5) is 5.69 Å². The summed E-state index contributed by atoms with van der Waals surface area (Å²) in [5, 5.41) is 12.2. The summed E-state index contributed by atoms with van der Waals surface area (Å²) in [5.41, 5.74) is 7.23. The smallest absolute Gasteiger partial charge is 0.270 e. The van der Waals surface area contributed by atoms with E-state index in [1.165, 1.54) is 6.08 Å². The van der Waals surface area contributed by atoms with Crippen LogP contribution in [0, 0.1) is 32.1 Å². The van der Waals surface area contributed by atoms with Gasteiger partial charge in [0.1, 0.15) is 11.6 Å². The molecule has 0 aliphatic carbocycles. The number of carbonyl (C=O) groups excluding carboxylic acids is 2. The second-order valence-electron chi connectivity index (χ2n) is 6.96. The average Bonchev–Trinajstić information content (AvgIpc) is 3.01. The first-order valence-corrected chi connectivity index (χ1v) is 9.44. The number of rotatable bonds is 5. The highest BCUT2D eigenvalue weighted by Gasteiger charge is 2.15.